The van der Waals surface area contributed by atoms with Gasteiger partial charge in [-0.15, -0.1) is 0 Å². The molecule has 1 amide bonds. The molecule has 0 bridgehead atoms. The fourth-order valence-corrected chi connectivity index (χ4v) is 3.48. The topological polar surface area (TPSA) is 79.4 Å². The molecule has 2 N–H and O–H groups in total. The van der Waals surface area contributed by atoms with Gasteiger partial charge in [0.05, 0.1) is 23.9 Å². The summed E-state index contributed by atoms with van der Waals surface area (Å²) >= 11 is 0. The number of nitrogens with two attached hydrogens (primary N) is 1. The maximum absolute atomic E-state index is 14.5. The van der Waals surface area contributed by atoms with Gasteiger partial charge in [0.25, 0.3) is 0 Å². The maximum atomic E-state index is 14.5. The molecule has 0 spiro atoms. The Morgan fingerprint density at radius 2 is 1.86 bits per heavy atom. The van der Waals surface area contributed by atoms with E-state index in [4.69, 9.17) is 15.2 Å². The molecule has 0 saturated carbocycles. The Kier molecular flexibility index (Phi) is 4.64. The molecule has 29 heavy (non-hydrogen) atoms. The summed E-state index contributed by atoms with van der Waals surface area (Å²) in [6.45, 7) is 0. The number of hydrogen-bond donors (Lipinski definition) is 1. The highest BCUT2D eigenvalue weighted by Crippen LogP contribution is 2.36. The third kappa shape index (κ3) is 3.38. The van der Waals surface area contributed by atoms with E-state index in [0.717, 1.165) is 16.6 Å². The molecule has 4 rings (SSSR count). The van der Waals surface area contributed by atoms with E-state index in [9.17, 15) is 9.18 Å². The van der Waals surface area contributed by atoms with Gasteiger partial charge < -0.3 is 15.2 Å². The van der Waals surface area contributed by atoms with Crippen molar-refractivity contribution in [3.05, 3.63) is 66.5 Å². The van der Waals surface area contributed by atoms with Crippen LogP contribution in [0, 0.1) is 5.82 Å². The van der Waals surface area contributed by atoms with Crippen molar-refractivity contribution in [2.45, 2.75) is 0 Å². The largest absolute Gasteiger partial charge is 0.496 e. The van der Waals surface area contributed by atoms with Gasteiger partial charge in [0.2, 0.25) is 0 Å². The molecule has 0 aliphatic carbocycles. The average Bonchev–Trinajstić information content (AvgIpc) is 3.02. The smallest absolute Gasteiger partial charge is 0.409 e. The van der Waals surface area contributed by atoms with Crippen molar-refractivity contribution in [2.75, 3.05) is 7.11 Å². The number of aryl methyl sites for hydroxylation is 1. The van der Waals surface area contributed by atoms with Crippen molar-refractivity contribution in [2.24, 2.45) is 12.8 Å². The fourth-order valence-electron chi connectivity index (χ4n) is 3.48. The number of methoxy groups -OCH3 is 1. The summed E-state index contributed by atoms with van der Waals surface area (Å²) < 4.78 is 26.5. The van der Waals surface area contributed by atoms with Crippen molar-refractivity contribution in [1.82, 2.24) is 9.78 Å². The monoisotopic (exact) mass is 391 g/mol. The van der Waals surface area contributed by atoms with E-state index < -0.39 is 6.09 Å². The Hall–Kier alpha value is -3.87. The molecule has 0 saturated heterocycles. The van der Waals surface area contributed by atoms with Gasteiger partial charge in [-0.2, -0.15) is 5.10 Å². The zero-order valence-electron chi connectivity index (χ0n) is 15.8. The van der Waals surface area contributed by atoms with Gasteiger partial charge in [0, 0.05) is 18.0 Å². The molecule has 1 aromatic heterocycles. The molecular weight excluding hydrogens is 373 g/mol. The van der Waals surface area contributed by atoms with Crippen molar-refractivity contribution < 1.29 is 18.7 Å². The number of benzene rings is 3. The van der Waals surface area contributed by atoms with Gasteiger partial charge >= 0.3 is 6.09 Å². The molecule has 0 fully saturated rings. The lowest BCUT2D eigenvalue weighted by Gasteiger charge is -2.10. The first-order chi connectivity index (χ1) is 14.0. The van der Waals surface area contributed by atoms with Crippen molar-refractivity contribution in [3.63, 3.8) is 0 Å². The highest BCUT2D eigenvalue weighted by molar-refractivity contribution is 5.96. The van der Waals surface area contributed by atoms with E-state index in [1.165, 1.54) is 13.2 Å². The Balaban J connectivity index is 1.84. The zero-order chi connectivity index (χ0) is 20.5. The molecule has 1 heterocycles. The Morgan fingerprint density at radius 1 is 1.07 bits per heavy atom. The first kappa shape index (κ1) is 18.5. The zero-order valence-corrected chi connectivity index (χ0v) is 15.8. The Morgan fingerprint density at radius 3 is 2.62 bits per heavy atom. The summed E-state index contributed by atoms with van der Waals surface area (Å²) in [5, 5.41) is 5.45. The summed E-state index contributed by atoms with van der Waals surface area (Å²) in [5.41, 5.74) is 8.51. The summed E-state index contributed by atoms with van der Waals surface area (Å²) in [6.07, 6.45) is -0.875. The van der Waals surface area contributed by atoms with Gasteiger partial charge in [-0.05, 0) is 42.0 Å². The minimum absolute atomic E-state index is 0.345. The summed E-state index contributed by atoms with van der Waals surface area (Å²) in [7, 11) is 3.33. The van der Waals surface area contributed by atoms with Crippen LogP contribution in [-0.2, 0) is 7.05 Å². The van der Waals surface area contributed by atoms with Crippen molar-refractivity contribution >= 4 is 17.0 Å². The van der Waals surface area contributed by atoms with Crippen LogP contribution in [0.5, 0.6) is 11.5 Å². The number of hydrogen-bond acceptors (Lipinski definition) is 4. The van der Waals surface area contributed by atoms with Crippen LogP contribution in [0.25, 0.3) is 33.3 Å². The van der Waals surface area contributed by atoms with Crippen LogP contribution >= 0.6 is 0 Å². The highest BCUT2D eigenvalue weighted by atomic mass is 19.1. The second-order valence-corrected chi connectivity index (χ2v) is 6.47. The number of amides is 1. The van der Waals surface area contributed by atoms with Crippen molar-refractivity contribution in [1.29, 1.82) is 0 Å². The maximum Gasteiger partial charge on any atom is 0.409 e. The molecule has 6 nitrogen and oxygen atoms in total. The van der Waals surface area contributed by atoms with Crippen LogP contribution in [0.1, 0.15) is 0 Å². The van der Waals surface area contributed by atoms with Crippen LogP contribution in [0.2, 0.25) is 0 Å². The number of fused-ring (bicyclic) bond motifs is 1. The quantitative estimate of drug-likeness (QED) is 0.555. The molecular formula is C22H18FN3O3. The number of carbonyl (C=O) groups excluding carboxylic acids is 1. The van der Waals surface area contributed by atoms with Crippen LogP contribution in [0.4, 0.5) is 9.18 Å². The predicted octanol–water partition coefficient (Wildman–Crippen LogP) is 4.51. The summed E-state index contributed by atoms with van der Waals surface area (Å²) in [5.74, 6) is 0.435. The molecule has 0 atom stereocenters. The standard InChI is InChI=1S/C22H18FN3O3/c1-26-21(14-5-3-6-15(11-14)29-22(24)27)16-10-9-13(12-18(16)25-26)20-17(23)7-4-8-19(20)28-2/h3-12H,1-2H3,(H2,24,27). The SMILES string of the molecule is COc1cccc(F)c1-c1ccc2c(-c3cccc(OC(N)=O)c3)n(C)nc2c1. The number of nitrogens with zero attached hydrogens (tertiary/aromatic N) is 2. The number of aromatic nitrogens is 2. The first-order valence-corrected chi connectivity index (χ1v) is 8.85. The minimum atomic E-state index is -0.875. The van der Waals surface area contributed by atoms with E-state index in [2.05, 4.69) is 5.10 Å². The molecule has 0 radical (unpaired) electrons. The van der Waals surface area contributed by atoms with Crippen LogP contribution in [-0.4, -0.2) is 23.0 Å². The number of primary amides is 1. The normalized spacial score (nSPS) is 10.9. The molecule has 146 valence electrons. The molecule has 4 aromatic rings. The van der Waals surface area contributed by atoms with Gasteiger partial charge in [0.1, 0.15) is 17.3 Å². The second-order valence-electron chi connectivity index (χ2n) is 6.47. The van der Waals surface area contributed by atoms with Crippen LogP contribution in [0.3, 0.4) is 0 Å². The predicted molar refractivity (Wildman–Crippen MR) is 108 cm³/mol. The second kappa shape index (κ2) is 7.27. The van der Waals surface area contributed by atoms with Gasteiger partial charge in [-0.25, -0.2) is 9.18 Å². The lowest BCUT2D eigenvalue weighted by molar-refractivity contribution is 0.211. The van der Waals surface area contributed by atoms with E-state index in [-0.39, 0.29) is 5.82 Å². The van der Waals surface area contributed by atoms with Crippen LogP contribution in [0.15, 0.2) is 60.7 Å². The molecule has 7 heteroatoms. The van der Waals surface area contributed by atoms with Gasteiger partial charge in [-0.1, -0.05) is 24.3 Å². The molecule has 0 aliphatic rings. The van der Waals surface area contributed by atoms with E-state index >= 15 is 0 Å². The molecule has 0 aliphatic heterocycles. The number of rotatable bonds is 4. The van der Waals surface area contributed by atoms with E-state index in [1.807, 2.05) is 31.3 Å². The van der Waals surface area contributed by atoms with Crippen LogP contribution < -0.4 is 15.2 Å². The minimum Gasteiger partial charge on any atom is -0.496 e. The van der Waals surface area contributed by atoms with Crippen molar-refractivity contribution in [3.8, 4) is 33.9 Å². The molecule has 3 aromatic carbocycles. The summed E-state index contributed by atoms with van der Waals surface area (Å²) in [6, 6.07) is 17.3. The van der Waals surface area contributed by atoms with E-state index in [0.29, 0.717) is 28.1 Å². The highest BCUT2D eigenvalue weighted by Gasteiger charge is 2.16. The fraction of sp³-hybridized carbons (Fsp3) is 0.0909. The van der Waals surface area contributed by atoms with Gasteiger partial charge in [-0.3, -0.25) is 4.68 Å². The lowest BCUT2D eigenvalue weighted by Crippen LogP contribution is -2.16. The lowest BCUT2D eigenvalue weighted by atomic mass is 10.0. The number of ether oxygens (including phenoxy) is 2. The number of halogens is 1. The van der Waals surface area contributed by atoms with Gasteiger partial charge in [0.15, 0.2) is 0 Å². The Labute approximate surface area is 166 Å². The third-order valence-corrected chi connectivity index (χ3v) is 4.64. The number of carbonyl (C=O) groups is 1. The summed E-state index contributed by atoms with van der Waals surface area (Å²) in [4.78, 5) is 11.0. The Bertz CT molecular complexity index is 1230. The first-order valence-electron chi connectivity index (χ1n) is 8.85. The average molecular weight is 391 g/mol. The third-order valence-electron chi connectivity index (χ3n) is 4.64. The molecule has 0 unspecified atom stereocenters. The van der Waals surface area contributed by atoms with E-state index in [1.54, 1.807) is 35.0 Å².